The second-order valence-electron chi connectivity index (χ2n) is 4.14. The van der Waals surface area contributed by atoms with E-state index in [9.17, 15) is 0 Å². The van der Waals surface area contributed by atoms with Gasteiger partial charge in [-0.1, -0.05) is 18.2 Å². The minimum Gasteiger partial charge on any atom is -0.496 e. The van der Waals surface area contributed by atoms with E-state index in [0.717, 1.165) is 23.5 Å². The lowest BCUT2D eigenvalue weighted by molar-refractivity contribution is 0.401. The molecule has 0 saturated carbocycles. The molecule has 3 N–H and O–H groups in total. The molecule has 18 heavy (non-hydrogen) atoms. The molecule has 96 valence electrons. The van der Waals surface area contributed by atoms with E-state index in [-0.39, 0.29) is 6.04 Å². The highest BCUT2D eigenvalue weighted by Crippen LogP contribution is 2.25. The van der Waals surface area contributed by atoms with Crippen molar-refractivity contribution in [2.45, 2.75) is 19.5 Å². The lowest BCUT2D eigenvalue weighted by Crippen LogP contribution is -2.18. The minimum atomic E-state index is 0.225. The van der Waals surface area contributed by atoms with Gasteiger partial charge < -0.3 is 15.8 Å². The zero-order chi connectivity index (χ0) is 13.0. The maximum atomic E-state index is 5.87. The van der Waals surface area contributed by atoms with Gasteiger partial charge in [0.2, 0.25) is 0 Å². The van der Waals surface area contributed by atoms with Crippen LogP contribution in [0.15, 0.2) is 35.7 Å². The summed E-state index contributed by atoms with van der Waals surface area (Å²) in [5.74, 6) is 0.914. The van der Waals surface area contributed by atoms with Gasteiger partial charge in [0.25, 0.3) is 0 Å². The average molecular weight is 262 g/mol. The van der Waals surface area contributed by atoms with Gasteiger partial charge in [0.1, 0.15) is 5.75 Å². The second-order valence-corrected chi connectivity index (χ2v) is 5.14. The molecular formula is C14H18N2OS. The summed E-state index contributed by atoms with van der Waals surface area (Å²) in [6, 6.07) is 10.2. The number of methoxy groups -OCH3 is 1. The Balaban J connectivity index is 2.03. The molecule has 4 heteroatoms. The fourth-order valence-electron chi connectivity index (χ4n) is 1.87. The highest BCUT2D eigenvalue weighted by molar-refractivity contribution is 7.10. The van der Waals surface area contributed by atoms with Crippen LogP contribution in [0.3, 0.4) is 0 Å². The Labute approximate surface area is 112 Å². The van der Waals surface area contributed by atoms with Gasteiger partial charge in [-0.3, -0.25) is 0 Å². The summed E-state index contributed by atoms with van der Waals surface area (Å²) in [7, 11) is 1.70. The molecule has 0 aliphatic heterocycles. The fourth-order valence-corrected chi connectivity index (χ4v) is 2.62. The number of para-hydroxylation sites is 1. The minimum absolute atomic E-state index is 0.225. The number of nitrogens with one attached hydrogen (secondary N) is 1. The lowest BCUT2D eigenvalue weighted by Gasteiger charge is -2.17. The van der Waals surface area contributed by atoms with Gasteiger partial charge in [0.15, 0.2) is 0 Å². The zero-order valence-corrected chi connectivity index (χ0v) is 11.5. The summed E-state index contributed by atoms with van der Waals surface area (Å²) in [5.41, 5.74) is 7.89. The van der Waals surface area contributed by atoms with E-state index in [1.54, 1.807) is 18.4 Å². The molecule has 0 spiro atoms. The monoisotopic (exact) mass is 262 g/mol. The van der Waals surface area contributed by atoms with E-state index in [0.29, 0.717) is 0 Å². The van der Waals surface area contributed by atoms with Crippen molar-refractivity contribution in [1.82, 2.24) is 5.32 Å². The molecular weight excluding hydrogens is 244 g/mol. The van der Waals surface area contributed by atoms with Crippen molar-refractivity contribution in [2.24, 2.45) is 0 Å². The summed E-state index contributed by atoms with van der Waals surface area (Å²) in [4.78, 5) is 1.18. The number of nitrogens with two attached hydrogens (primary N) is 1. The van der Waals surface area contributed by atoms with Gasteiger partial charge in [-0.05, 0) is 24.4 Å². The van der Waals surface area contributed by atoms with Crippen LogP contribution in [0.2, 0.25) is 0 Å². The van der Waals surface area contributed by atoms with Crippen LogP contribution in [0.1, 0.15) is 23.4 Å². The number of anilines is 1. The van der Waals surface area contributed by atoms with Crippen molar-refractivity contribution >= 4 is 17.0 Å². The predicted molar refractivity (Wildman–Crippen MR) is 77.0 cm³/mol. The fraction of sp³-hybridized carbons (Fsp3) is 0.286. The van der Waals surface area contributed by atoms with Crippen molar-refractivity contribution < 1.29 is 4.74 Å². The molecule has 1 atom stereocenters. The van der Waals surface area contributed by atoms with E-state index in [2.05, 4.69) is 18.3 Å². The van der Waals surface area contributed by atoms with Crippen molar-refractivity contribution in [3.05, 3.63) is 46.2 Å². The van der Waals surface area contributed by atoms with Gasteiger partial charge in [0.05, 0.1) is 7.11 Å². The summed E-state index contributed by atoms with van der Waals surface area (Å²) in [5, 5.41) is 5.48. The molecule has 0 aliphatic rings. The Morgan fingerprint density at radius 1 is 1.33 bits per heavy atom. The van der Waals surface area contributed by atoms with Crippen LogP contribution in [-0.2, 0) is 6.54 Å². The maximum Gasteiger partial charge on any atom is 0.123 e. The zero-order valence-electron chi connectivity index (χ0n) is 10.6. The number of ether oxygens (including phenoxy) is 1. The standard InChI is InChI=1S/C14H18N2OS/c1-10(11-5-3-4-6-13(11)17-2)16-9-14-12(15)7-8-18-14/h3-8,10,16H,9,15H2,1-2H3/t10-/m0/s1. The smallest absolute Gasteiger partial charge is 0.123 e. The number of nitrogen functional groups attached to an aromatic ring is 1. The molecule has 2 aromatic rings. The quantitative estimate of drug-likeness (QED) is 0.870. The van der Waals surface area contributed by atoms with E-state index >= 15 is 0 Å². The Kier molecular flexibility index (Phi) is 4.23. The molecule has 2 rings (SSSR count). The Hall–Kier alpha value is -1.52. The van der Waals surface area contributed by atoms with Crippen molar-refractivity contribution in [2.75, 3.05) is 12.8 Å². The first-order valence-electron chi connectivity index (χ1n) is 5.90. The van der Waals surface area contributed by atoms with Crippen molar-refractivity contribution in [3.63, 3.8) is 0 Å². The van der Waals surface area contributed by atoms with Gasteiger partial charge in [-0.15, -0.1) is 11.3 Å². The van der Waals surface area contributed by atoms with Crippen LogP contribution in [0.4, 0.5) is 5.69 Å². The van der Waals surface area contributed by atoms with E-state index in [1.165, 1.54) is 4.88 Å². The molecule has 0 fully saturated rings. The first kappa shape index (κ1) is 12.9. The third-order valence-corrected chi connectivity index (χ3v) is 3.89. The molecule has 0 amide bonds. The van der Waals surface area contributed by atoms with Crippen LogP contribution >= 0.6 is 11.3 Å². The summed E-state index contributed by atoms with van der Waals surface area (Å²) in [6.07, 6.45) is 0. The Morgan fingerprint density at radius 2 is 2.11 bits per heavy atom. The van der Waals surface area contributed by atoms with Crippen LogP contribution in [0.5, 0.6) is 5.75 Å². The van der Waals surface area contributed by atoms with Crippen LogP contribution < -0.4 is 15.8 Å². The largest absolute Gasteiger partial charge is 0.496 e. The highest BCUT2D eigenvalue weighted by atomic mass is 32.1. The molecule has 0 saturated heterocycles. The first-order chi connectivity index (χ1) is 8.72. The van der Waals surface area contributed by atoms with Crippen LogP contribution in [0.25, 0.3) is 0 Å². The normalized spacial score (nSPS) is 12.3. The summed E-state index contributed by atoms with van der Waals surface area (Å²) < 4.78 is 5.37. The third kappa shape index (κ3) is 2.83. The maximum absolute atomic E-state index is 5.87. The van der Waals surface area contributed by atoms with Gasteiger partial charge in [-0.25, -0.2) is 0 Å². The molecule has 0 radical (unpaired) electrons. The van der Waals surface area contributed by atoms with Gasteiger partial charge in [-0.2, -0.15) is 0 Å². The van der Waals surface area contributed by atoms with E-state index in [1.807, 2.05) is 29.6 Å². The lowest BCUT2D eigenvalue weighted by atomic mass is 10.1. The molecule has 0 aliphatic carbocycles. The first-order valence-corrected chi connectivity index (χ1v) is 6.78. The highest BCUT2D eigenvalue weighted by Gasteiger charge is 2.11. The number of rotatable bonds is 5. The molecule has 0 bridgehead atoms. The molecule has 1 heterocycles. The van der Waals surface area contributed by atoms with Crippen molar-refractivity contribution in [3.8, 4) is 5.75 Å². The molecule has 1 aromatic carbocycles. The topological polar surface area (TPSA) is 47.3 Å². The summed E-state index contributed by atoms with van der Waals surface area (Å²) >= 11 is 1.68. The van der Waals surface area contributed by atoms with Crippen molar-refractivity contribution in [1.29, 1.82) is 0 Å². The number of thiophene rings is 1. The number of benzene rings is 1. The Bertz CT molecular complexity index is 510. The summed E-state index contributed by atoms with van der Waals surface area (Å²) in [6.45, 7) is 2.91. The molecule has 0 unspecified atom stereocenters. The van der Waals surface area contributed by atoms with E-state index in [4.69, 9.17) is 10.5 Å². The average Bonchev–Trinajstić information content (AvgIpc) is 2.81. The van der Waals surface area contributed by atoms with Crippen LogP contribution in [0, 0.1) is 0 Å². The third-order valence-electron chi connectivity index (χ3n) is 2.95. The number of hydrogen-bond acceptors (Lipinski definition) is 4. The Morgan fingerprint density at radius 3 is 2.78 bits per heavy atom. The van der Waals surface area contributed by atoms with Gasteiger partial charge in [0, 0.05) is 28.7 Å². The second kappa shape index (κ2) is 5.89. The number of hydrogen-bond donors (Lipinski definition) is 2. The predicted octanol–water partition coefficient (Wildman–Crippen LogP) is 3.19. The van der Waals surface area contributed by atoms with E-state index < -0.39 is 0 Å². The molecule has 3 nitrogen and oxygen atoms in total. The SMILES string of the molecule is COc1ccccc1[C@H](C)NCc1sccc1N. The van der Waals surface area contributed by atoms with Gasteiger partial charge >= 0.3 is 0 Å². The van der Waals surface area contributed by atoms with Crippen LogP contribution in [-0.4, -0.2) is 7.11 Å². The molecule has 1 aromatic heterocycles.